The van der Waals surface area contributed by atoms with Crippen molar-refractivity contribution >= 4 is 24.1 Å². The van der Waals surface area contributed by atoms with Gasteiger partial charge in [0.25, 0.3) is 0 Å². The molecule has 1 fully saturated rings. The van der Waals surface area contributed by atoms with Gasteiger partial charge in [-0.05, 0) is 36.3 Å². The van der Waals surface area contributed by atoms with E-state index in [2.05, 4.69) is 5.32 Å². The summed E-state index contributed by atoms with van der Waals surface area (Å²) in [5.74, 6) is -1.05. The first-order chi connectivity index (χ1) is 18.5. The van der Waals surface area contributed by atoms with Crippen molar-refractivity contribution in [1.82, 2.24) is 15.1 Å². The summed E-state index contributed by atoms with van der Waals surface area (Å²) in [7, 11) is 0. The standard InChI is InChI=1S/C28H37N3O8/c1-28(2,3)23-24(32)31-16-19(14-21(31)25(33)34)39-27(36)30-15-18-10-9-11-22(20(18)17-30)37-12-7-5-4-6-8-13-38-26(35)29-23/h4-5,9-11,19,21,23H,6-8,12-17H2,1-3H3,(H,29,35)(H,33,34)/t19-,21?,23-/m1/s1. The Morgan fingerprint density at radius 2 is 1.82 bits per heavy atom. The third kappa shape index (κ3) is 6.82. The molecule has 1 aromatic rings. The molecule has 11 nitrogen and oxygen atoms in total. The minimum atomic E-state index is -1.20. The molecule has 212 valence electrons. The Morgan fingerprint density at radius 3 is 2.56 bits per heavy atom. The van der Waals surface area contributed by atoms with Gasteiger partial charge in [0.1, 0.15) is 23.9 Å². The lowest BCUT2D eigenvalue weighted by Gasteiger charge is -2.34. The van der Waals surface area contributed by atoms with E-state index in [1.807, 2.05) is 30.4 Å². The van der Waals surface area contributed by atoms with Gasteiger partial charge in [0, 0.05) is 18.5 Å². The number of allylic oxidation sites excluding steroid dienone is 1. The van der Waals surface area contributed by atoms with Gasteiger partial charge in [0.05, 0.1) is 26.3 Å². The van der Waals surface area contributed by atoms with Crippen molar-refractivity contribution in [2.45, 2.75) is 77.7 Å². The zero-order valence-corrected chi connectivity index (χ0v) is 22.7. The SMILES string of the molecule is CC(C)(C)[C@@H]1NC(=O)OCCCC=CCCOc2cccc3c2CN(C3)C(=O)O[C@@H]2CC(C(=O)O)N(C2)C1=O. The fraction of sp³-hybridized carbons (Fsp3) is 0.571. The molecule has 3 aliphatic heterocycles. The molecule has 0 aromatic heterocycles. The number of fused-ring (bicyclic) bond motifs is 3. The van der Waals surface area contributed by atoms with E-state index >= 15 is 0 Å². The monoisotopic (exact) mass is 543 g/mol. The van der Waals surface area contributed by atoms with Crippen LogP contribution in [0.15, 0.2) is 30.4 Å². The van der Waals surface area contributed by atoms with Gasteiger partial charge in [-0.2, -0.15) is 0 Å². The van der Waals surface area contributed by atoms with Crippen molar-refractivity contribution in [3.63, 3.8) is 0 Å². The van der Waals surface area contributed by atoms with E-state index in [0.29, 0.717) is 39.0 Å². The molecule has 0 spiro atoms. The number of hydrogen-bond acceptors (Lipinski definition) is 7. The molecule has 3 aliphatic rings. The van der Waals surface area contributed by atoms with Crippen LogP contribution in [-0.4, -0.2) is 76.9 Å². The lowest BCUT2D eigenvalue weighted by atomic mass is 9.85. The van der Waals surface area contributed by atoms with Gasteiger partial charge in [-0.3, -0.25) is 9.69 Å². The highest BCUT2D eigenvalue weighted by Gasteiger charge is 2.46. The Balaban J connectivity index is 1.55. The van der Waals surface area contributed by atoms with E-state index in [1.54, 1.807) is 25.7 Å². The average Bonchev–Trinajstić information content (AvgIpc) is 3.50. The van der Waals surface area contributed by atoms with Crippen LogP contribution in [-0.2, 0) is 32.2 Å². The number of hydrogen-bond donors (Lipinski definition) is 2. The second-order valence-corrected chi connectivity index (χ2v) is 11.2. The maximum absolute atomic E-state index is 13.6. The van der Waals surface area contributed by atoms with Crippen LogP contribution >= 0.6 is 0 Å². The van der Waals surface area contributed by atoms with Gasteiger partial charge in [-0.1, -0.05) is 45.1 Å². The molecule has 39 heavy (non-hydrogen) atoms. The summed E-state index contributed by atoms with van der Waals surface area (Å²) in [5.41, 5.74) is 1.16. The second-order valence-electron chi connectivity index (χ2n) is 11.2. The first-order valence-corrected chi connectivity index (χ1v) is 13.4. The van der Waals surface area contributed by atoms with Crippen molar-refractivity contribution in [3.8, 4) is 5.75 Å². The van der Waals surface area contributed by atoms with E-state index in [0.717, 1.165) is 16.9 Å². The van der Waals surface area contributed by atoms with Gasteiger partial charge < -0.3 is 29.5 Å². The fourth-order valence-electron chi connectivity index (χ4n) is 5.05. The highest BCUT2D eigenvalue weighted by atomic mass is 16.6. The molecule has 3 atom stereocenters. The number of nitrogens with one attached hydrogen (secondary N) is 1. The number of carboxylic acids is 1. The van der Waals surface area contributed by atoms with Gasteiger partial charge in [0.2, 0.25) is 5.91 Å². The maximum atomic E-state index is 13.6. The number of benzene rings is 1. The summed E-state index contributed by atoms with van der Waals surface area (Å²) in [6, 6.07) is 3.48. The molecule has 2 N–H and O–H groups in total. The third-order valence-electron chi connectivity index (χ3n) is 7.13. The highest BCUT2D eigenvalue weighted by molar-refractivity contribution is 5.90. The molecule has 0 radical (unpaired) electrons. The predicted molar refractivity (Wildman–Crippen MR) is 140 cm³/mol. The van der Waals surface area contributed by atoms with Crippen molar-refractivity contribution in [2.75, 3.05) is 19.8 Å². The molecule has 1 unspecified atom stereocenters. The van der Waals surface area contributed by atoms with Crippen molar-refractivity contribution in [2.24, 2.45) is 5.41 Å². The van der Waals surface area contributed by atoms with Crippen LogP contribution in [0.4, 0.5) is 9.59 Å². The molecule has 3 heterocycles. The number of alkyl carbamates (subject to hydrolysis) is 1. The van der Waals surface area contributed by atoms with Crippen molar-refractivity contribution in [3.05, 3.63) is 41.5 Å². The van der Waals surface area contributed by atoms with Crippen molar-refractivity contribution < 1.29 is 38.5 Å². The number of aliphatic carboxylic acids is 1. The van der Waals surface area contributed by atoms with Crippen LogP contribution in [0.5, 0.6) is 5.75 Å². The predicted octanol–water partition coefficient (Wildman–Crippen LogP) is 3.45. The number of nitrogens with zero attached hydrogens (tertiary/aromatic N) is 2. The van der Waals surface area contributed by atoms with Gasteiger partial charge in [0.15, 0.2) is 0 Å². The molecule has 1 aromatic carbocycles. The smallest absolute Gasteiger partial charge is 0.410 e. The fourth-order valence-corrected chi connectivity index (χ4v) is 5.05. The summed E-state index contributed by atoms with van der Waals surface area (Å²) in [4.78, 5) is 54.0. The Kier molecular flexibility index (Phi) is 8.66. The molecule has 0 aliphatic carbocycles. The van der Waals surface area contributed by atoms with Crippen LogP contribution in [0.3, 0.4) is 0 Å². The van der Waals surface area contributed by atoms with E-state index in [4.69, 9.17) is 14.2 Å². The molecular weight excluding hydrogens is 506 g/mol. The van der Waals surface area contributed by atoms with Crippen LogP contribution in [0.25, 0.3) is 0 Å². The Morgan fingerprint density at radius 1 is 1.05 bits per heavy atom. The zero-order chi connectivity index (χ0) is 28.2. The minimum Gasteiger partial charge on any atom is -0.493 e. The lowest BCUT2D eigenvalue weighted by Crippen LogP contribution is -2.57. The quantitative estimate of drug-likeness (QED) is 0.515. The van der Waals surface area contributed by atoms with Crippen molar-refractivity contribution in [1.29, 1.82) is 0 Å². The van der Waals surface area contributed by atoms with Gasteiger partial charge in [-0.15, -0.1) is 0 Å². The number of carbonyl (C=O) groups is 4. The lowest BCUT2D eigenvalue weighted by molar-refractivity contribution is -0.150. The number of carbonyl (C=O) groups excluding carboxylic acids is 3. The molecule has 4 rings (SSSR count). The number of ether oxygens (including phenoxy) is 3. The minimum absolute atomic E-state index is 0.0454. The summed E-state index contributed by atoms with van der Waals surface area (Å²) in [6.07, 6.45) is 3.86. The Hall–Kier alpha value is -3.76. The average molecular weight is 544 g/mol. The molecule has 4 bridgehead atoms. The Bertz CT molecular complexity index is 1130. The van der Waals surface area contributed by atoms with Gasteiger partial charge >= 0.3 is 18.2 Å². The molecule has 0 saturated carbocycles. The van der Waals surface area contributed by atoms with Crippen LogP contribution in [0, 0.1) is 5.41 Å². The first-order valence-electron chi connectivity index (χ1n) is 13.4. The van der Waals surface area contributed by atoms with Crippen LogP contribution in [0.1, 0.15) is 57.6 Å². The normalized spacial score (nSPS) is 25.1. The summed E-state index contributed by atoms with van der Waals surface area (Å²) >= 11 is 0. The molecule has 3 amide bonds. The van der Waals surface area contributed by atoms with E-state index in [-0.39, 0.29) is 19.6 Å². The zero-order valence-electron chi connectivity index (χ0n) is 22.7. The number of amides is 3. The van der Waals surface area contributed by atoms with Crippen LogP contribution in [0.2, 0.25) is 0 Å². The van der Waals surface area contributed by atoms with Gasteiger partial charge in [-0.25, -0.2) is 14.4 Å². The summed E-state index contributed by atoms with van der Waals surface area (Å²) in [5, 5.41) is 12.5. The second kappa shape index (κ2) is 12.0. The largest absolute Gasteiger partial charge is 0.493 e. The van der Waals surface area contributed by atoms with E-state index < -0.39 is 47.7 Å². The summed E-state index contributed by atoms with van der Waals surface area (Å²) in [6.45, 7) is 6.55. The number of carboxylic acid groups (broad SMARTS) is 1. The molecular formula is C28H37N3O8. The first kappa shape index (κ1) is 28.3. The maximum Gasteiger partial charge on any atom is 0.410 e. The highest BCUT2D eigenvalue weighted by Crippen LogP contribution is 2.33. The van der Waals surface area contributed by atoms with E-state index in [9.17, 15) is 24.3 Å². The molecule has 1 saturated heterocycles. The molecule has 11 heteroatoms. The number of rotatable bonds is 1. The Labute approximate surface area is 228 Å². The summed E-state index contributed by atoms with van der Waals surface area (Å²) < 4.78 is 17.0. The third-order valence-corrected chi connectivity index (χ3v) is 7.13. The van der Waals surface area contributed by atoms with E-state index in [1.165, 1.54) is 4.90 Å². The topological polar surface area (TPSA) is 135 Å². The van der Waals surface area contributed by atoms with Crippen LogP contribution < -0.4 is 10.1 Å². The number of cyclic esters (lactones) is 1.